The average Bonchev–Trinajstić information content (AvgIpc) is 3.56. The van der Waals surface area contributed by atoms with Gasteiger partial charge in [-0.3, -0.25) is 9.59 Å². The van der Waals surface area contributed by atoms with E-state index in [2.05, 4.69) is 10.5 Å². The topological polar surface area (TPSA) is 93.9 Å². The SMILES string of the molecule is COc1ccc(-c2cc(CC(=O)N(C3CCCCC3)C(C)C(=O)NC3CCCC3)no2)cc1OC. The van der Waals surface area contributed by atoms with Crippen LogP contribution in [0.5, 0.6) is 11.5 Å². The molecule has 1 atom stereocenters. The molecule has 1 aromatic heterocycles. The third kappa shape index (κ3) is 5.97. The van der Waals surface area contributed by atoms with E-state index in [0.717, 1.165) is 56.9 Å². The van der Waals surface area contributed by atoms with E-state index in [1.165, 1.54) is 6.42 Å². The quantitative estimate of drug-likeness (QED) is 0.564. The lowest BCUT2D eigenvalue weighted by Gasteiger charge is -2.38. The highest BCUT2D eigenvalue weighted by Crippen LogP contribution is 2.33. The number of rotatable bonds is 9. The Morgan fingerprint density at radius 3 is 2.40 bits per heavy atom. The predicted molar refractivity (Wildman–Crippen MR) is 132 cm³/mol. The maximum atomic E-state index is 13.6. The highest BCUT2D eigenvalue weighted by Gasteiger charge is 2.34. The van der Waals surface area contributed by atoms with E-state index < -0.39 is 6.04 Å². The molecule has 1 aromatic carbocycles. The van der Waals surface area contributed by atoms with Crippen LogP contribution in [0.3, 0.4) is 0 Å². The summed E-state index contributed by atoms with van der Waals surface area (Å²) in [4.78, 5) is 28.4. The maximum absolute atomic E-state index is 13.6. The van der Waals surface area contributed by atoms with E-state index in [4.69, 9.17) is 14.0 Å². The molecule has 1 heterocycles. The molecule has 0 saturated heterocycles. The number of carbonyl (C=O) groups is 2. The molecule has 2 fully saturated rings. The van der Waals surface area contributed by atoms with Gasteiger partial charge in [0.05, 0.1) is 26.3 Å². The van der Waals surface area contributed by atoms with Gasteiger partial charge in [-0.25, -0.2) is 0 Å². The molecule has 0 aliphatic heterocycles. The summed E-state index contributed by atoms with van der Waals surface area (Å²) in [5.74, 6) is 1.62. The van der Waals surface area contributed by atoms with Crippen molar-refractivity contribution in [2.75, 3.05) is 14.2 Å². The summed E-state index contributed by atoms with van der Waals surface area (Å²) in [5, 5.41) is 7.32. The minimum Gasteiger partial charge on any atom is -0.493 e. The van der Waals surface area contributed by atoms with Crippen molar-refractivity contribution in [1.82, 2.24) is 15.4 Å². The summed E-state index contributed by atoms with van der Waals surface area (Å²) in [5.41, 5.74) is 1.33. The molecule has 2 saturated carbocycles. The Morgan fingerprint density at radius 1 is 1.03 bits per heavy atom. The molecule has 8 heteroatoms. The van der Waals surface area contributed by atoms with Crippen LogP contribution in [0, 0.1) is 0 Å². The van der Waals surface area contributed by atoms with Gasteiger partial charge in [-0.15, -0.1) is 0 Å². The van der Waals surface area contributed by atoms with Gasteiger partial charge < -0.3 is 24.2 Å². The van der Waals surface area contributed by atoms with Crippen LogP contribution in [0.1, 0.15) is 70.4 Å². The molecule has 8 nitrogen and oxygen atoms in total. The van der Waals surface area contributed by atoms with Crippen molar-refractivity contribution < 1.29 is 23.6 Å². The number of ether oxygens (including phenoxy) is 2. The Hall–Kier alpha value is -3.03. The summed E-state index contributed by atoms with van der Waals surface area (Å²) >= 11 is 0. The molecule has 4 rings (SSSR count). The van der Waals surface area contributed by atoms with Crippen molar-refractivity contribution in [1.29, 1.82) is 0 Å². The van der Waals surface area contributed by atoms with Crippen molar-refractivity contribution in [3.8, 4) is 22.8 Å². The number of hydrogen-bond acceptors (Lipinski definition) is 6. The van der Waals surface area contributed by atoms with E-state index in [1.54, 1.807) is 26.4 Å². The van der Waals surface area contributed by atoms with Crippen molar-refractivity contribution in [2.24, 2.45) is 0 Å². The third-order valence-electron chi connectivity index (χ3n) is 7.31. The number of nitrogens with one attached hydrogen (secondary N) is 1. The molecule has 2 aliphatic carbocycles. The van der Waals surface area contributed by atoms with E-state index in [-0.39, 0.29) is 30.3 Å². The zero-order valence-corrected chi connectivity index (χ0v) is 21.0. The number of aromatic nitrogens is 1. The predicted octanol–water partition coefficient (Wildman–Crippen LogP) is 4.51. The fraction of sp³-hybridized carbons (Fsp3) is 0.593. The lowest BCUT2D eigenvalue weighted by Crippen LogP contribution is -2.54. The molecule has 35 heavy (non-hydrogen) atoms. The van der Waals surface area contributed by atoms with Crippen LogP contribution >= 0.6 is 0 Å². The summed E-state index contributed by atoms with van der Waals surface area (Å²) in [7, 11) is 3.17. The van der Waals surface area contributed by atoms with Crippen LogP contribution in [0.2, 0.25) is 0 Å². The number of methoxy groups -OCH3 is 2. The summed E-state index contributed by atoms with van der Waals surface area (Å²) in [6.07, 6.45) is 9.65. The smallest absolute Gasteiger partial charge is 0.242 e. The Morgan fingerprint density at radius 2 is 1.71 bits per heavy atom. The third-order valence-corrected chi connectivity index (χ3v) is 7.31. The van der Waals surface area contributed by atoms with Crippen molar-refractivity contribution in [3.05, 3.63) is 30.0 Å². The molecular weight excluding hydrogens is 446 g/mol. The van der Waals surface area contributed by atoms with E-state index in [1.807, 2.05) is 24.0 Å². The molecule has 190 valence electrons. The molecule has 0 bridgehead atoms. The van der Waals surface area contributed by atoms with Crippen LogP contribution in [0.4, 0.5) is 0 Å². The first-order chi connectivity index (χ1) is 17.0. The Kier molecular flexibility index (Phi) is 8.31. The number of hydrogen-bond donors (Lipinski definition) is 1. The van der Waals surface area contributed by atoms with Crippen LogP contribution in [-0.4, -0.2) is 54.2 Å². The zero-order chi connectivity index (χ0) is 24.8. The van der Waals surface area contributed by atoms with Gasteiger partial charge in [-0.05, 0) is 50.8 Å². The van der Waals surface area contributed by atoms with Gasteiger partial charge in [-0.1, -0.05) is 37.3 Å². The Bertz CT molecular complexity index is 1010. The fourth-order valence-corrected chi connectivity index (χ4v) is 5.38. The number of carbonyl (C=O) groups excluding carboxylic acids is 2. The number of amides is 2. The molecular formula is C27H37N3O5. The van der Waals surface area contributed by atoms with E-state index in [0.29, 0.717) is 23.0 Å². The van der Waals surface area contributed by atoms with Gasteiger partial charge >= 0.3 is 0 Å². The Balaban J connectivity index is 1.48. The second-order valence-corrected chi connectivity index (χ2v) is 9.69. The zero-order valence-electron chi connectivity index (χ0n) is 21.0. The van der Waals surface area contributed by atoms with Crippen molar-refractivity contribution >= 4 is 11.8 Å². The Labute approximate surface area is 207 Å². The minimum atomic E-state index is -0.511. The standard InChI is InChI=1S/C27H37N3O5/c1-18(27(32)28-20-9-7-8-10-20)30(22-11-5-4-6-12-22)26(31)17-21-16-24(35-29-21)19-13-14-23(33-2)25(15-19)34-3/h13-16,18,20,22H,4-12,17H2,1-3H3,(H,28,32). The second kappa shape index (κ2) is 11.6. The molecule has 1 N–H and O–H groups in total. The highest BCUT2D eigenvalue weighted by atomic mass is 16.5. The normalized spacial score (nSPS) is 17.7. The summed E-state index contributed by atoms with van der Waals surface area (Å²) in [6.45, 7) is 1.86. The van der Waals surface area contributed by atoms with Gasteiger partial charge in [-0.2, -0.15) is 0 Å². The van der Waals surface area contributed by atoms with Gasteiger partial charge in [0.15, 0.2) is 17.3 Å². The maximum Gasteiger partial charge on any atom is 0.242 e. The molecule has 2 aromatic rings. The van der Waals surface area contributed by atoms with Crippen molar-refractivity contribution in [2.45, 2.75) is 89.3 Å². The molecule has 0 spiro atoms. The van der Waals surface area contributed by atoms with E-state index >= 15 is 0 Å². The van der Waals surface area contributed by atoms with Crippen LogP contribution < -0.4 is 14.8 Å². The van der Waals surface area contributed by atoms with Gasteiger partial charge in [0.2, 0.25) is 11.8 Å². The summed E-state index contributed by atoms with van der Waals surface area (Å²) in [6, 6.07) is 7.05. The monoisotopic (exact) mass is 483 g/mol. The second-order valence-electron chi connectivity index (χ2n) is 9.69. The molecule has 0 radical (unpaired) electrons. The largest absolute Gasteiger partial charge is 0.493 e. The average molecular weight is 484 g/mol. The first kappa shape index (κ1) is 25.1. The lowest BCUT2D eigenvalue weighted by molar-refractivity contribution is -0.143. The summed E-state index contributed by atoms with van der Waals surface area (Å²) < 4.78 is 16.2. The van der Waals surface area contributed by atoms with Gasteiger partial charge in [0.1, 0.15) is 6.04 Å². The number of benzene rings is 1. The first-order valence-corrected chi connectivity index (χ1v) is 12.8. The van der Waals surface area contributed by atoms with Gasteiger partial charge in [0, 0.05) is 23.7 Å². The minimum absolute atomic E-state index is 0.0537. The van der Waals surface area contributed by atoms with Crippen LogP contribution in [0.15, 0.2) is 28.8 Å². The molecule has 1 unspecified atom stereocenters. The fourth-order valence-electron chi connectivity index (χ4n) is 5.38. The highest BCUT2D eigenvalue weighted by molar-refractivity contribution is 5.88. The van der Waals surface area contributed by atoms with Crippen molar-refractivity contribution in [3.63, 3.8) is 0 Å². The number of nitrogens with zero attached hydrogens (tertiary/aromatic N) is 2. The van der Waals surface area contributed by atoms with Gasteiger partial charge in [0.25, 0.3) is 0 Å². The lowest BCUT2D eigenvalue weighted by atomic mass is 9.92. The molecule has 2 amide bonds. The van der Waals surface area contributed by atoms with E-state index in [9.17, 15) is 9.59 Å². The van der Waals surface area contributed by atoms with Crippen LogP contribution in [-0.2, 0) is 16.0 Å². The first-order valence-electron chi connectivity index (χ1n) is 12.8. The molecule has 2 aliphatic rings. The van der Waals surface area contributed by atoms with Crippen LogP contribution in [0.25, 0.3) is 11.3 Å².